The third-order valence-corrected chi connectivity index (χ3v) is 7.12. The van der Waals surface area contributed by atoms with Crippen molar-refractivity contribution in [3.8, 4) is 0 Å². The number of aromatic nitrogens is 2. The Morgan fingerprint density at radius 2 is 1.85 bits per heavy atom. The molecule has 2 amide bonds. The van der Waals surface area contributed by atoms with E-state index in [9.17, 15) is 14.4 Å². The maximum Gasteiger partial charge on any atom is 0.261 e. The molecule has 0 atom stereocenters. The van der Waals surface area contributed by atoms with Crippen molar-refractivity contribution >= 4 is 40.7 Å². The molecule has 0 N–H and O–H groups in total. The third kappa shape index (κ3) is 5.26. The van der Waals surface area contributed by atoms with Crippen LogP contribution in [0.1, 0.15) is 42.4 Å². The Balaban J connectivity index is 1.50. The Bertz CT molecular complexity index is 1300. The predicted octanol–water partition coefficient (Wildman–Crippen LogP) is 3.93. The highest BCUT2D eigenvalue weighted by molar-refractivity contribution is 6.42. The first-order valence-corrected chi connectivity index (χ1v) is 11.9. The van der Waals surface area contributed by atoms with Gasteiger partial charge in [0.05, 0.1) is 16.5 Å². The fourth-order valence-corrected chi connectivity index (χ4v) is 4.64. The molecular weight excluding hydrogens is 475 g/mol. The fraction of sp³-hybridized carbons (Fsp3) is 0.360. The number of fused-ring (bicyclic) bond motifs is 1. The fourth-order valence-electron chi connectivity index (χ4n) is 4.32. The number of carbonyl (C=O) groups is 2. The van der Waals surface area contributed by atoms with Gasteiger partial charge < -0.3 is 9.80 Å². The molecule has 34 heavy (non-hydrogen) atoms. The molecule has 0 aliphatic carbocycles. The zero-order valence-corrected chi connectivity index (χ0v) is 20.6. The summed E-state index contributed by atoms with van der Waals surface area (Å²) in [5, 5.41) is 0.887. The van der Waals surface area contributed by atoms with Crippen LogP contribution in [0.15, 0.2) is 47.5 Å². The van der Waals surface area contributed by atoms with Crippen LogP contribution in [-0.2, 0) is 22.6 Å². The van der Waals surface area contributed by atoms with Gasteiger partial charge in [-0.05, 0) is 48.1 Å². The topological polar surface area (TPSA) is 75.0 Å². The largest absolute Gasteiger partial charge is 0.343 e. The van der Waals surface area contributed by atoms with Crippen LogP contribution in [0.3, 0.4) is 0 Å². The summed E-state index contributed by atoms with van der Waals surface area (Å²) < 4.78 is 1.52. The average molecular weight is 501 g/mol. The molecule has 0 spiro atoms. The summed E-state index contributed by atoms with van der Waals surface area (Å²) >= 11 is 12.0. The van der Waals surface area contributed by atoms with Gasteiger partial charge in [0.2, 0.25) is 11.8 Å². The summed E-state index contributed by atoms with van der Waals surface area (Å²) in [7, 11) is 1.68. The van der Waals surface area contributed by atoms with Crippen LogP contribution < -0.4 is 5.56 Å². The quantitative estimate of drug-likeness (QED) is 0.531. The van der Waals surface area contributed by atoms with Crippen LogP contribution >= 0.6 is 23.2 Å². The highest BCUT2D eigenvalue weighted by atomic mass is 35.5. The number of benzene rings is 1. The van der Waals surface area contributed by atoms with Gasteiger partial charge in [-0.15, -0.1) is 0 Å². The van der Waals surface area contributed by atoms with Crippen molar-refractivity contribution in [1.82, 2.24) is 19.2 Å². The van der Waals surface area contributed by atoms with Gasteiger partial charge in [-0.3, -0.25) is 18.8 Å². The summed E-state index contributed by atoms with van der Waals surface area (Å²) in [5.41, 5.74) is 2.52. The number of nitrogens with zero attached hydrogens (tertiary/aromatic N) is 4. The first-order chi connectivity index (χ1) is 16.2. The molecule has 1 fully saturated rings. The van der Waals surface area contributed by atoms with Crippen molar-refractivity contribution in [3.63, 3.8) is 0 Å². The zero-order valence-electron chi connectivity index (χ0n) is 19.1. The molecule has 2 aromatic heterocycles. The van der Waals surface area contributed by atoms with Gasteiger partial charge in [0.1, 0.15) is 5.65 Å². The van der Waals surface area contributed by atoms with Crippen LogP contribution in [0.2, 0.25) is 10.0 Å². The van der Waals surface area contributed by atoms with Crippen molar-refractivity contribution in [2.45, 2.75) is 38.6 Å². The molecule has 3 aromatic rings. The monoisotopic (exact) mass is 500 g/mol. The summed E-state index contributed by atoms with van der Waals surface area (Å²) in [6.45, 7) is 3.36. The van der Waals surface area contributed by atoms with E-state index in [0.717, 1.165) is 24.0 Å². The van der Waals surface area contributed by atoms with Crippen LogP contribution in [0.4, 0.5) is 0 Å². The Hall–Kier alpha value is -2.90. The number of halogens is 2. The highest BCUT2D eigenvalue weighted by Gasteiger charge is 2.23. The van der Waals surface area contributed by atoms with Crippen molar-refractivity contribution < 1.29 is 9.59 Å². The second-order valence-electron chi connectivity index (χ2n) is 8.73. The first-order valence-electron chi connectivity index (χ1n) is 11.2. The predicted molar refractivity (Wildman–Crippen MR) is 132 cm³/mol. The molecule has 1 aromatic carbocycles. The summed E-state index contributed by atoms with van der Waals surface area (Å²) in [6, 6.07) is 9.05. The Labute approximate surface area is 207 Å². The Kier molecular flexibility index (Phi) is 7.24. The van der Waals surface area contributed by atoms with Crippen molar-refractivity contribution in [2.24, 2.45) is 0 Å². The van der Waals surface area contributed by atoms with Crippen LogP contribution in [0.5, 0.6) is 0 Å². The summed E-state index contributed by atoms with van der Waals surface area (Å²) in [4.78, 5) is 45.4. The SMILES string of the molecule is CC(=O)N1CCC(c2ccc3ncc(CC(=O)N(C)Cc4ccc(Cl)c(Cl)c4)c(=O)n3c2)CC1. The van der Waals surface area contributed by atoms with Crippen molar-refractivity contribution in [3.05, 3.63) is 79.8 Å². The molecule has 4 rings (SSSR count). The number of hydrogen-bond donors (Lipinski definition) is 0. The van der Waals surface area contributed by atoms with Crippen molar-refractivity contribution in [2.75, 3.05) is 20.1 Å². The lowest BCUT2D eigenvalue weighted by molar-refractivity contribution is -0.130. The molecule has 178 valence electrons. The van der Waals surface area contributed by atoms with Crippen LogP contribution in [0.25, 0.3) is 5.65 Å². The molecule has 1 saturated heterocycles. The molecular formula is C25H26Cl2N4O3. The van der Waals surface area contributed by atoms with Crippen LogP contribution in [0, 0.1) is 0 Å². The Morgan fingerprint density at radius 3 is 2.53 bits per heavy atom. The van der Waals surface area contributed by atoms with Gasteiger partial charge in [-0.25, -0.2) is 4.98 Å². The standard InChI is InChI=1S/C25H26Cl2N4O3/c1-16(32)30-9-7-18(8-10-30)19-4-6-23-28-13-20(25(34)31(23)15-19)12-24(33)29(2)14-17-3-5-21(26)22(27)11-17/h3-6,11,13,15,18H,7-10,12,14H2,1-2H3. The maximum atomic E-state index is 13.2. The second-order valence-corrected chi connectivity index (χ2v) is 9.55. The lowest BCUT2D eigenvalue weighted by Crippen LogP contribution is -2.36. The number of likely N-dealkylation sites (tertiary alicyclic amines) is 1. The molecule has 1 aliphatic rings. The molecule has 0 unspecified atom stereocenters. The molecule has 0 saturated carbocycles. The van der Waals surface area contributed by atoms with Gasteiger partial charge in [-0.1, -0.05) is 35.3 Å². The van der Waals surface area contributed by atoms with Gasteiger partial charge in [0, 0.05) is 51.6 Å². The normalized spacial score (nSPS) is 14.4. The number of carbonyl (C=O) groups excluding carboxylic acids is 2. The second kappa shape index (κ2) is 10.2. The number of amides is 2. The minimum Gasteiger partial charge on any atom is -0.343 e. The first kappa shape index (κ1) is 24.2. The zero-order chi connectivity index (χ0) is 24.4. The minimum absolute atomic E-state index is 0.0478. The van der Waals surface area contributed by atoms with E-state index in [-0.39, 0.29) is 29.7 Å². The average Bonchev–Trinajstić information content (AvgIpc) is 2.83. The van der Waals surface area contributed by atoms with E-state index in [2.05, 4.69) is 4.98 Å². The van der Waals surface area contributed by atoms with E-state index in [4.69, 9.17) is 23.2 Å². The van der Waals surface area contributed by atoms with Crippen molar-refractivity contribution in [1.29, 1.82) is 0 Å². The minimum atomic E-state index is -0.246. The van der Waals surface area contributed by atoms with E-state index >= 15 is 0 Å². The molecule has 1 aliphatic heterocycles. The lowest BCUT2D eigenvalue weighted by atomic mass is 9.90. The van der Waals surface area contributed by atoms with Gasteiger partial charge >= 0.3 is 0 Å². The van der Waals surface area contributed by atoms with Gasteiger partial charge in [0.25, 0.3) is 5.56 Å². The number of likely N-dealkylation sites (N-methyl/N-ethyl adjacent to an activating group) is 1. The number of hydrogen-bond acceptors (Lipinski definition) is 4. The van der Waals surface area contributed by atoms with Gasteiger partial charge in [0.15, 0.2) is 0 Å². The number of rotatable bonds is 5. The number of pyridine rings is 1. The van der Waals surface area contributed by atoms with E-state index < -0.39 is 0 Å². The third-order valence-electron chi connectivity index (χ3n) is 6.38. The number of piperidine rings is 1. The molecule has 9 heteroatoms. The highest BCUT2D eigenvalue weighted by Crippen LogP contribution is 2.28. The molecule has 0 bridgehead atoms. The van der Waals surface area contributed by atoms with E-state index in [1.165, 1.54) is 10.6 Å². The maximum absolute atomic E-state index is 13.2. The summed E-state index contributed by atoms with van der Waals surface area (Å²) in [5.74, 6) is 0.169. The van der Waals surface area contributed by atoms with E-state index in [1.807, 2.05) is 29.3 Å². The Morgan fingerprint density at radius 1 is 1.12 bits per heavy atom. The lowest BCUT2D eigenvalue weighted by Gasteiger charge is -2.31. The van der Waals surface area contributed by atoms with Crippen LogP contribution in [-0.4, -0.2) is 51.1 Å². The molecule has 3 heterocycles. The smallest absolute Gasteiger partial charge is 0.261 e. The van der Waals surface area contributed by atoms with E-state index in [0.29, 0.717) is 40.9 Å². The summed E-state index contributed by atoms with van der Waals surface area (Å²) in [6.07, 6.45) is 4.96. The molecule has 0 radical (unpaired) electrons. The van der Waals surface area contributed by atoms with E-state index in [1.54, 1.807) is 31.0 Å². The van der Waals surface area contributed by atoms with Gasteiger partial charge in [-0.2, -0.15) is 0 Å². The molecule has 7 nitrogen and oxygen atoms in total.